The number of nitrogens with zero attached hydrogens (tertiary/aromatic N) is 2. The number of likely N-dealkylation sites (N-methyl/N-ethyl adjacent to an activating group) is 1. The molecule has 1 fully saturated rings. The zero-order valence-corrected chi connectivity index (χ0v) is 18.5. The van der Waals surface area contributed by atoms with Crippen molar-refractivity contribution in [3.05, 3.63) is 47.5 Å². The number of amides is 1. The lowest BCUT2D eigenvalue weighted by Gasteiger charge is -2.31. The van der Waals surface area contributed by atoms with Crippen molar-refractivity contribution in [2.45, 2.75) is 11.8 Å². The van der Waals surface area contributed by atoms with E-state index in [9.17, 15) is 13.2 Å². The monoisotopic (exact) mass is 433 g/mol. The second-order valence-corrected chi connectivity index (χ2v) is 9.14. The van der Waals surface area contributed by atoms with Crippen LogP contribution in [0.4, 0.5) is 5.69 Å². The zero-order chi connectivity index (χ0) is 21.9. The highest BCUT2D eigenvalue weighted by Gasteiger charge is 2.28. The first-order valence-electron chi connectivity index (χ1n) is 9.59. The summed E-state index contributed by atoms with van der Waals surface area (Å²) in [7, 11) is 1.34. The first-order valence-corrected chi connectivity index (χ1v) is 11.0. The summed E-state index contributed by atoms with van der Waals surface area (Å²) in [4.78, 5) is 15.1. The Morgan fingerprint density at radius 1 is 1.00 bits per heavy atom. The fourth-order valence-corrected chi connectivity index (χ4v) is 4.72. The van der Waals surface area contributed by atoms with Crippen LogP contribution in [0.1, 0.15) is 15.9 Å². The SMILES string of the molecule is COc1ccc(NC(=O)c2cc(S(=O)(=O)N3CCN(C)CC3)ccc2C)c(OC)c1. The topological polar surface area (TPSA) is 88.2 Å². The maximum Gasteiger partial charge on any atom is 0.256 e. The number of hydrogen-bond acceptors (Lipinski definition) is 6. The molecule has 0 spiro atoms. The predicted octanol–water partition coefficient (Wildman–Crippen LogP) is 2.20. The molecule has 30 heavy (non-hydrogen) atoms. The molecule has 0 aromatic heterocycles. The summed E-state index contributed by atoms with van der Waals surface area (Å²) >= 11 is 0. The number of nitrogens with one attached hydrogen (secondary N) is 1. The third-order valence-electron chi connectivity index (χ3n) is 5.21. The van der Waals surface area contributed by atoms with Gasteiger partial charge in [0, 0.05) is 37.8 Å². The minimum atomic E-state index is -3.67. The van der Waals surface area contributed by atoms with Crippen molar-refractivity contribution in [3.8, 4) is 11.5 Å². The van der Waals surface area contributed by atoms with Gasteiger partial charge in [-0.15, -0.1) is 0 Å². The maximum atomic E-state index is 13.1. The molecule has 0 bridgehead atoms. The smallest absolute Gasteiger partial charge is 0.256 e. The van der Waals surface area contributed by atoms with Gasteiger partial charge in [-0.25, -0.2) is 8.42 Å². The quantitative estimate of drug-likeness (QED) is 0.752. The molecular formula is C21H27N3O5S. The Labute approximate surface area is 177 Å². The maximum absolute atomic E-state index is 13.1. The van der Waals surface area contributed by atoms with Crippen molar-refractivity contribution in [2.24, 2.45) is 0 Å². The number of rotatable bonds is 6. The van der Waals surface area contributed by atoms with Crippen LogP contribution in [0.15, 0.2) is 41.3 Å². The van der Waals surface area contributed by atoms with Gasteiger partial charge in [-0.3, -0.25) is 4.79 Å². The fourth-order valence-electron chi connectivity index (χ4n) is 3.28. The van der Waals surface area contributed by atoms with Crippen LogP contribution >= 0.6 is 0 Å². The molecule has 1 aliphatic heterocycles. The van der Waals surface area contributed by atoms with E-state index in [4.69, 9.17) is 9.47 Å². The highest BCUT2D eigenvalue weighted by atomic mass is 32.2. The summed E-state index contributed by atoms with van der Waals surface area (Å²) in [6, 6.07) is 9.69. The molecule has 2 aromatic rings. The minimum Gasteiger partial charge on any atom is -0.497 e. The van der Waals surface area contributed by atoms with E-state index in [1.807, 2.05) is 7.05 Å². The number of piperazine rings is 1. The summed E-state index contributed by atoms with van der Waals surface area (Å²) in [5, 5.41) is 2.80. The van der Waals surface area contributed by atoms with E-state index in [1.165, 1.54) is 17.5 Å². The van der Waals surface area contributed by atoms with Gasteiger partial charge in [0.1, 0.15) is 11.5 Å². The van der Waals surface area contributed by atoms with E-state index in [0.29, 0.717) is 54.5 Å². The molecule has 1 heterocycles. The second-order valence-electron chi connectivity index (χ2n) is 7.20. The van der Waals surface area contributed by atoms with Gasteiger partial charge < -0.3 is 19.7 Å². The largest absolute Gasteiger partial charge is 0.497 e. The molecular weight excluding hydrogens is 406 g/mol. The first kappa shape index (κ1) is 22.1. The average Bonchev–Trinajstić information content (AvgIpc) is 2.74. The number of aryl methyl sites for hydroxylation is 1. The van der Waals surface area contributed by atoms with Crippen LogP contribution in [0.3, 0.4) is 0 Å². The normalized spacial score (nSPS) is 15.6. The van der Waals surface area contributed by atoms with Crippen molar-refractivity contribution in [1.82, 2.24) is 9.21 Å². The molecule has 9 heteroatoms. The number of hydrogen-bond donors (Lipinski definition) is 1. The van der Waals surface area contributed by atoms with Crippen molar-refractivity contribution < 1.29 is 22.7 Å². The number of methoxy groups -OCH3 is 2. The molecule has 1 saturated heterocycles. The first-order chi connectivity index (χ1) is 14.3. The number of ether oxygens (including phenoxy) is 2. The van der Waals surface area contributed by atoms with Crippen molar-refractivity contribution in [2.75, 3.05) is 52.8 Å². The Kier molecular flexibility index (Phi) is 6.64. The molecule has 1 amide bonds. The van der Waals surface area contributed by atoms with E-state index in [1.54, 1.807) is 44.4 Å². The molecule has 2 aromatic carbocycles. The zero-order valence-electron chi connectivity index (χ0n) is 17.6. The Morgan fingerprint density at radius 2 is 1.70 bits per heavy atom. The Bertz CT molecular complexity index is 1030. The number of carbonyl (C=O) groups is 1. The van der Waals surface area contributed by atoms with Gasteiger partial charge >= 0.3 is 0 Å². The Hall–Kier alpha value is -2.62. The molecule has 1 aliphatic rings. The lowest BCUT2D eigenvalue weighted by molar-refractivity contribution is 0.102. The molecule has 0 atom stereocenters. The second kappa shape index (κ2) is 9.03. The van der Waals surface area contributed by atoms with E-state index in [-0.39, 0.29) is 4.90 Å². The Balaban J connectivity index is 1.87. The van der Waals surface area contributed by atoms with Crippen LogP contribution in [0.5, 0.6) is 11.5 Å². The molecule has 0 radical (unpaired) electrons. The molecule has 0 unspecified atom stereocenters. The highest BCUT2D eigenvalue weighted by molar-refractivity contribution is 7.89. The summed E-state index contributed by atoms with van der Waals surface area (Å²) in [6.07, 6.45) is 0. The van der Waals surface area contributed by atoms with Crippen LogP contribution in [-0.2, 0) is 10.0 Å². The van der Waals surface area contributed by atoms with Crippen LogP contribution in [0, 0.1) is 6.92 Å². The van der Waals surface area contributed by atoms with Crippen molar-refractivity contribution >= 4 is 21.6 Å². The Morgan fingerprint density at radius 3 is 2.33 bits per heavy atom. The number of anilines is 1. The average molecular weight is 434 g/mol. The van der Waals surface area contributed by atoms with E-state index in [2.05, 4.69) is 10.2 Å². The number of carbonyl (C=O) groups excluding carboxylic acids is 1. The standard InChI is InChI=1S/C21H27N3O5S/c1-15-5-7-17(30(26,27)24-11-9-23(2)10-12-24)14-18(15)21(25)22-19-8-6-16(28-3)13-20(19)29-4/h5-8,13-14H,9-12H2,1-4H3,(H,22,25). The van der Waals surface area contributed by atoms with Crippen LogP contribution in [0.25, 0.3) is 0 Å². The minimum absolute atomic E-state index is 0.115. The highest BCUT2D eigenvalue weighted by Crippen LogP contribution is 2.30. The molecule has 162 valence electrons. The predicted molar refractivity (Wildman–Crippen MR) is 115 cm³/mol. The van der Waals surface area contributed by atoms with E-state index >= 15 is 0 Å². The lowest BCUT2D eigenvalue weighted by atomic mass is 10.1. The van der Waals surface area contributed by atoms with Crippen molar-refractivity contribution in [3.63, 3.8) is 0 Å². The summed E-state index contributed by atoms with van der Waals surface area (Å²) in [5.41, 5.74) is 1.44. The molecule has 8 nitrogen and oxygen atoms in total. The van der Waals surface area contributed by atoms with Gasteiger partial charge in [0.05, 0.1) is 24.8 Å². The van der Waals surface area contributed by atoms with Gasteiger partial charge in [-0.2, -0.15) is 4.31 Å². The van der Waals surface area contributed by atoms with E-state index in [0.717, 1.165) is 0 Å². The number of benzene rings is 2. The number of sulfonamides is 1. The molecule has 0 saturated carbocycles. The van der Waals surface area contributed by atoms with Gasteiger partial charge in [0.25, 0.3) is 5.91 Å². The van der Waals surface area contributed by atoms with Gasteiger partial charge in [0.15, 0.2) is 0 Å². The van der Waals surface area contributed by atoms with E-state index < -0.39 is 15.9 Å². The fraction of sp³-hybridized carbons (Fsp3) is 0.381. The summed E-state index contributed by atoms with van der Waals surface area (Å²) in [6.45, 7) is 3.98. The van der Waals surface area contributed by atoms with Gasteiger partial charge in [-0.05, 0) is 43.8 Å². The molecule has 1 N–H and O–H groups in total. The van der Waals surface area contributed by atoms with Crippen LogP contribution < -0.4 is 14.8 Å². The van der Waals surface area contributed by atoms with Crippen molar-refractivity contribution in [1.29, 1.82) is 0 Å². The third kappa shape index (κ3) is 4.58. The summed E-state index contributed by atoms with van der Waals surface area (Å²) in [5.74, 6) is 0.634. The summed E-state index contributed by atoms with van der Waals surface area (Å²) < 4.78 is 38.1. The third-order valence-corrected chi connectivity index (χ3v) is 7.11. The van der Waals surface area contributed by atoms with Gasteiger partial charge in [-0.1, -0.05) is 6.07 Å². The molecule has 0 aliphatic carbocycles. The van der Waals surface area contributed by atoms with Crippen LogP contribution in [0.2, 0.25) is 0 Å². The van der Waals surface area contributed by atoms with Crippen LogP contribution in [-0.4, -0.2) is 71.0 Å². The molecule has 3 rings (SSSR count). The lowest BCUT2D eigenvalue weighted by Crippen LogP contribution is -2.47. The van der Waals surface area contributed by atoms with Gasteiger partial charge in [0.2, 0.25) is 10.0 Å².